The lowest BCUT2D eigenvalue weighted by Crippen LogP contribution is -2.43. The highest BCUT2D eigenvalue weighted by Crippen LogP contribution is 2.50. The number of rotatable bonds is 2. The number of nitrogens with zero attached hydrogens (tertiary/aromatic N) is 2. The minimum atomic E-state index is 0.624. The van der Waals surface area contributed by atoms with E-state index in [0.717, 1.165) is 6.54 Å². The predicted octanol–water partition coefficient (Wildman–Crippen LogP) is 5.15. The smallest absolute Gasteiger partial charge is 0.0545 e. The minimum absolute atomic E-state index is 0.624. The summed E-state index contributed by atoms with van der Waals surface area (Å²) < 4.78 is 1.19. The Labute approximate surface area is 157 Å². The second-order valence-electron chi connectivity index (χ2n) is 7.09. The van der Waals surface area contributed by atoms with Gasteiger partial charge in [0.2, 0.25) is 0 Å². The number of likely N-dealkylation sites (N-methyl/N-ethyl adjacent to an activating group) is 2. The van der Waals surface area contributed by atoms with Gasteiger partial charge in [0.1, 0.15) is 0 Å². The molecule has 1 fully saturated rings. The first kappa shape index (κ1) is 16.5. The molecule has 0 radical (unpaired) electrons. The van der Waals surface area contributed by atoms with Gasteiger partial charge in [0.25, 0.3) is 0 Å². The number of hydrogen-bond donors (Lipinski definition) is 0. The van der Waals surface area contributed by atoms with E-state index in [4.69, 9.17) is 0 Å². The van der Waals surface area contributed by atoms with Gasteiger partial charge in [-0.3, -0.25) is 0 Å². The summed E-state index contributed by atoms with van der Waals surface area (Å²) in [7, 11) is 4.52. The van der Waals surface area contributed by atoms with E-state index in [0.29, 0.717) is 12.0 Å². The molecule has 2 heterocycles. The highest BCUT2D eigenvalue weighted by Gasteiger charge is 2.40. The summed E-state index contributed by atoms with van der Waals surface area (Å²) in [6.07, 6.45) is 1.25. The van der Waals surface area contributed by atoms with Crippen LogP contribution in [0.15, 0.2) is 50.7 Å². The molecule has 0 aromatic heterocycles. The average Bonchev–Trinajstić information content (AvgIpc) is 2.82. The van der Waals surface area contributed by atoms with E-state index < -0.39 is 0 Å². The standard InChI is InChI=1S/C20H23BrN2S/c1-13-4-6-15(7-5-13)24-19-11-14(21)10-16-17-12-22(2)9-8-18(17)23(3)20(16)19/h4-7,10-11,17-18H,8-9,12H2,1-3H3/t17-,18+/m0/s1. The number of likely N-dealkylation sites (tertiary alicyclic amines) is 1. The molecule has 0 amide bonds. The van der Waals surface area contributed by atoms with Gasteiger partial charge in [0, 0.05) is 39.8 Å². The first-order valence-corrected chi connectivity index (χ1v) is 10.1. The first-order valence-electron chi connectivity index (χ1n) is 8.52. The Morgan fingerprint density at radius 3 is 2.62 bits per heavy atom. The van der Waals surface area contributed by atoms with Gasteiger partial charge >= 0.3 is 0 Å². The SMILES string of the molecule is Cc1ccc(Sc2cc(Br)cc3c2N(C)[C@@H]2CCN(C)C[C@@H]32)cc1. The monoisotopic (exact) mass is 402 g/mol. The van der Waals surface area contributed by atoms with Gasteiger partial charge in [-0.2, -0.15) is 0 Å². The Kier molecular flexibility index (Phi) is 4.40. The Balaban J connectivity index is 1.75. The summed E-state index contributed by atoms with van der Waals surface area (Å²) in [5, 5.41) is 0. The van der Waals surface area contributed by atoms with Gasteiger partial charge in [0.05, 0.1) is 5.69 Å². The van der Waals surface area contributed by atoms with E-state index in [1.54, 1.807) is 0 Å². The summed E-state index contributed by atoms with van der Waals surface area (Å²) in [6, 6.07) is 14.1. The fourth-order valence-corrected chi connectivity index (χ4v) is 5.80. The van der Waals surface area contributed by atoms with E-state index in [1.807, 2.05) is 11.8 Å². The fraction of sp³-hybridized carbons (Fsp3) is 0.400. The minimum Gasteiger partial charge on any atom is -0.370 e. The van der Waals surface area contributed by atoms with Crippen molar-refractivity contribution in [3.63, 3.8) is 0 Å². The van der Waals surface area contributed by atoms with Gasteiger partial charge in [0.15, 0.2) is 0 Å². The number of piperidine rings is 1. The van der Waals surface area contributed by atoms with Crippen LogP contribution in [-0.4, -0.2) is 38.1 Å². The maximum absolute atomic E-state index is 3.75. The normalized spacial score (nSPS) is 23.2. The Hall–Kier alpha value is -0.970. The molecule has 0 spiro atoms. The van der Waals surface area contributed by atoms with Crippen LogP contribution in [0.25, 0.3) is 0 Å². The number of fused-ring (bicyclic) bond motifs is 3. The van der Waals surface area contributed by atoms with Crippen molar-refractivity contribution in [2.75, 3.05) is 32.1 Å². The lowest BCUT2D eigenvalue weighted by Gasteiger charge is -2.35. The predicted molar refractivity (Wildman–Crippen MR) is 106 cm³/mol. The van der Waals surface area contributed by atoms with Crippen LogP contribution in [0.3, 0.4) is 0 Å². The summed E-state index contributed by atoms with van der Waals surface area (Å²) in [4.78, 5) is 7.68. The maximum atomic E-state index is 3.75. The van der Waals surface area contributed by atoms with Gasteiger partial charge in [-0.05, 0) is 56.8 Å². The van der Waals surface area contributed by atoms with E-state index in [2.05, 4.69) is 83.1 Å². The molecular weight excluding hydrogens is 380 g/mol. The summed E-state index contributed by atoms with van der Waals surface area (Å²) in [5.41, 5.74) is 4.26. The van der Waals surface area contributed by atoms with Crippen molar-refractivity contribution in [3.8, 4) is 0 Å². The van der Waals surface area contributed by atoms with Crippen LogP contribution in [0.5, 0.6) is 0 Å². The molecule has 4 heteroatoms. The molecule has 1 saturated heterocycles. The van der Waals surface area contributed by atoms with E-state index in [-0.39, 0.29) is 0 Å². The Morgan fingerprint density at radius 1 is 1.12 bits per heavy atom. The molecule has 0 aliphatic carbocycles. The van der Waals surface area contributed by atoms with Crippen LogP contribution in [-0.2, 0) is 0 Å². The lowest BCUT2D eigenvalue weighted by atomic mass is 9.89. The summed E-state index contributed by atoms with van der Waals surface area (Å²) in [5.74, 6) is 0.624. The zero-order chi connectivity index (χ0) is 16.8. The molecule has 4 rings (SSSR count). The van der Waals surface area contributed by atoms with Crippen LogP contribution < -0.4 is 4.90 Å². The van der Waals surface area contributed by atoms with Crippen molar-refractivity contribution in [3.05, 3.63) is 52.0 Å². The molecule has 2 aromatic rings. The average molecular weight is 403 g/mol. The molecule has 2 aromatic carbocycles. The van der Waals surface area contributed by atoms with Crippen molar-refractivity contribution in [2.45, 2.75) is 35.1 Å². The molecular formula is C20H23BrN2S. The second-order valence-corrected chi connectivity index (χ2v) is 9.12. The fourth-order valence-electron chi connectivity index (χ4n) is 4.10. The quantitative estimate of drug-likeness (QED) is 0.685. The zero-order valence-corrected chi connectivity index (χ0v) is 16.8. The summed E-state index contributed by atoms with van der Waals surface area (Å²) in [6.45, 7) is 4.49. The largest absolute Gasteiger partial charge is 0.370 e. The van der Waals surface area contributed by atoms with Gasteiger partial charge < -0.3 is 9.80 Å². The van der Waals surface area contributed by atoms with E-state index in [1.165, 1.54) is 44.0 Å². The topological polar surface area (TPSA) is 6.48 Å². The first-order chi connectivity index (χ1) is 11.5. The third-order valence-corrected chi connectivity index (χ3v) is 6.84. The molecule has 126 valence electrons. The van der Waals surface area contributed by atoms with Gasteiger partial charge in [-0.25, -0.2) is 0 Å². The molecule has 0 bridgehead atoms. The lowest BCUT2D eigenvalue weighted by molar-refractivity contribution is 0.234. The highest BCUT2D eigenvalue weighted by atomic mass is 79.9. The van der Waals surface area contributed by atoms with E-state index in [9.17, 15) is 0 Å². The second kappa shape index (κ2) is 6.40. The van der Waals surface area contributed by atoms with Crippen molar-refractivity contribution < 1.29 is 0 Å². The van der Waals surface area contributed by atoms with Crippen molar-refractivity contribution in [1.82, 2.24) is 4.90 Å². The molecule has 0 unspecified atom stereocenters. The number of hydrogen-bond acceptors (Lipinski definition) is 3. The third-order valence-electron chi connectivity index (χ3n) is 5.35. The number of aryl methyl sites for hydroxylation is 1. The molecule has 2 aliphatic rings. The Bertz CT molecular complexity index is 759. The van der Waals surface area contributed by atoms with Gasteiger partial charge in [-0.1, -0.05) is 45.4 Å². The number of anilines is 1. The number of benzene rings is 2. The van der Waals surface area contributed by atoms with Crippen LogP contribution >= 0.6 is 27.7 Å². The van der Waals surface area contributed by atoms with E-state index >= 15 is 0 Å². The van der Waals surface area contributed by atoms with Gasteiger partial charge in [-0.15, -0.1) is 0 Å². The van der Waals surface area contributed by atoms with Crippen LogP contribution in [0.2, 0.25) is 0 Å². The van der Waals surface area contributed by atoms with Crippen molar-refractivity contribution in [1.29, 1.82) is 0 Å². The van der Waals surface area contributed by atoms with Crippen LogP contribution in [0.4, 0.5) is 5.69 Å². The highest BCUT2D eigenvalue weighted by molar-refractivity contribution is 9.10. The summed E-state index contributed by atoms with van der Waals surface area (Å²) >= 11 is 5.63. The number of halogens is 1. The molecule has 2 nitrogen and oxygen atoms in total. The maximum Gasteiger partial charge on any atom is 0.0545 e. The van der Waals surface area contributed by atoms with Crippen molar-refractivity contribution >= 4 is 33.4 Å². The third kappa shape index (κ3) is 2.89. The molecule has 0 N–H and O–H groups in total. The molecule has 0 saturated carbocycles. The molecule has 2 aliphatic heterocycles. The zero-order valence-electron chi connectivity index (χ0n) is 14.4. The molecule has 24 heavy (non-hydrogen) atoms. The Morgan fingerprint density at radius 2 is 1.88 bits per heavy atom. The molecule has 2 atom stereocenters. The van der Waals surface area contributed by atoms with Crippen molar-refractivity contribution in [2.24, 2.45) is 0 Å². The van der Waals surface area contributed by atoms with Crippen LogP contribution in [0.1, 0.15) is 23.5 Å². The van der Waals surface area contributed by atoms with Crippen LogP contribution in [0, 0.1) is 6.92 Å².